The molecule has 0 atom stereocenters. The van der Waals surface area contributed by atoms with Crippen LogP contribution in [0.1, 0.15) is 9.67 Å². The Morgan fingerprint density at radius 2 is 2.05 bits per heavy atom. The van der Waals surface area contributed by atoms with E-state index in [1.54, 1.807) is 36.7 Å². The van der Waals surface area contributed by atoms with Crippen molar-refractivity contribution in [2.45, 2.75) is 0 Å². The summed E-state index contributed by atoms with van der Waals surface area (Å²) in [4.78, 5) is 17.5. The van der Waals surface area contributed by atoms with Gasteiger partial charge in [0.05, 0.1) is 16.8 Å². The first-order chi connectivity index (χ1) is 10.2. The molecule has 1 amide bonds. The maximum absolute atomic E-state index is 13.2. The van der Waals surface area contributed by atoms with Crippen molar-refractivity contribution in [3.8, 4) is 10.4 Å². The summed E-state index contributed by atoms with van der Waals surface area (Å²) in [5, 5.41) is 2.77. The Balaban J connectivity index is 1.80. The van der Waals surface area contributed by atoms with Gasteiger partial charge in [-0.1, -0.05) is 12.1 Å². The van der Waals surface area contributed by atoms with Gasteiger partial charge in [0, 0.05) is 11.1 Å². The molecule has 3 aromatic rings. The Morgan fingerprint density at radius 3 is 2.81 bits per heavy atom. The van der Waals surface area contributed by atoms with E-state index >= 15 is 0 Å². The van der Waals surface area contributed by atoms with Crippen LogP contribution in [0.5, 0.6) is 0 Å². The fourth-order valence-corrected chi connectivity index (χ4v) is 2.78. The highest BCUT2D eigenvalue weighted by atomic mass is 32.1. The number of carbonyl (C=O) groups is 1. The van der Waals surface area contributed by atoms with Gasteiger partial charge in [-0.25, -0.2) is 4.39 Å². The summed E-state index contributed by atoms with van der Waals surface area (Å²) >= 11 is 1.32. The zero-order valence-corrected chi connectivity index (χ0v) is 11.7. The van der Waals surface area contributed by atoms with Crippen LogP contribution in [0.25, 0.3) is 10.4 Å². The lowest BCUT2D eigenvalue weighted by molar-refractivity contribution is 0.103. The Morgan fingerprint density at radius 1 is 1.14 bits per heavy atom. The number of thiophene rings is 1. The molecule has 0 aliphatic carbocycles. The molecule has 0 bridgehead atoms. The zero-order chi connectivity index (χ0) is 14.7. The van der Waals surface area contributed by atoms with Crippen LogP contribution in [-0.4, -0.2) is 10.9 Å². The van der Waals surface area contributed by atoms with E-state index in [0.717, 1.165) is 10.4 Å². The highest BCUT2D eigenvalue weighted by Gasteiger charge is 2.11. The van der Waals surface area contributed by atoms with Gasteiger partial charge in [-0.2, -0.15) is 0 Å². The molecule has 2 heterocycles. The predicted molar refractivity (Wildman–Crippen MR) is 81.9 cm³/mol. The summed E-state index contributed by atoms with van der Waals surface area (Å²) in [6.45, 7) is 0. The Labute approximate surface area is 125 Å². The predicted octanol–water partition coefficient (Wildman–Crippen LogP) is 4.20. The number of rotatable bonds is 3. The Kier molecular flexibility index (Phi) is 3.75. The number of anilines is 1. The lowest BCUT2D eigenvalue weighted by atomic mass is 10.2. The van der Waals surface area contributed by atoms with Crippen LogP contribution in [0.2, 0.25) is 0 Å². The number of halogens is 1. The summed E-state index contributed by atoms with van der Waals surface area (Å²) in [5.41, 5.74) is 1.41. The maximum Gasteiger partial charge on any atom is 0.265 e. The maximum atomic E-state index is 13.2. The van der Waals surface area contributed by atoms with E-state index in [4.69, 9.17) is 0 Å². The molecular weight excluding hydrogens is 287 g/mol. The fourth-order valence-electron chi connectivity index (χ4n) is 1.89. The van der Waals surface area contributed by atoms with E-state index in [9.17, 15) is 9.18 Å². The van der Waals surface area contributed by atoms with Crippen LogP contribution in [-0.2, 0) is 0 Å². The van der Waals surface area contributed by atoms with Gasteiger partial charge in [0.2, 0.25) is 0 Å². The molecule has 0 unspecified atom stereocenters. The number of carbonyl (C=O) groups excluding carboxylic acids is 1. The quantitative estimate of drug-likeness (QED) is 0.787. The van der Waals surface area contributed by atoms with E-state index in [1.165, 1.54) is 23.5 Å². The van der Waals surface area contributed by atoms with Crippen LogP contribution in [0, 0.1) is 5.82 Å². The second kappa shape index (κ2) is 5.85. The van der Waals surface area contributed by atoms with Crippen molar-refractivity contribution in [3.63, 3.8) is 0 Å². The molecule has 2 aromatic heterocycles. The smallest absolute Gasteiger partial charge is 0.265 e. The third kappa shape index (κ3) is 3.14. The normalized spacial score (nSPS) is 10.3. The van der Waals surface area contributed by atoms with Crippen LogP contribution in [0.15, 0.2) is 60.9 Å². The first-order valence-corrected chi connectivity index (χ1v) is 7.11. The van der Waals surface area contributed by atoms with Crippen LogP contribution >= 0.6 is 11.3 Å². The monoisotopic (exact) mass is 298 g/mol. The van der Waals surface area contributed by atoms with Crippen molar-refractivity contribution in [2.24, 2.45) is 0 Å². The summed E-state index contributed by atoms with van der Waals surface area (Å²) in [7, 11) is 0. The standard InChI is InChI=1S/C16H11FN2OS/c17-12-4-1-3-11(9-12)14-6-7-15(21-14)16(20)19-13-5-2-8-18-10-13/h1-10H,(H,19,20). The van der Waals surface area contributed by atoms with E-state index < -0.39 is 0 Å². The molecule has 0 aliphatic rings. The number of nitrogens with zero attached hydrogens (tertiary/aromatic N) is 1. The molecule has 104 valence electrons. The third-order valence-corrected chi connectivity index (χ3v) is 3.99. The molecule has 1 N–H and O–H groups in total. The van der Waals surface area contributed by atoms with Crippen LogP contribution in [0.3, 0.4) is 0 Å². The molecule has 21 heavy (non-hydrogen) atoms. The number of benzene rings is 1. The van der Waals surface area contributed by atoms with Crippen LogP contribution in [0.4, 0.5) is 10.1 Å². The highest BCUT2D eigenvalue weighted by Crippen LogP contribution is 2.28. The molecule has 0 radical (unpaired) electrons. The highest BCUT2D eigenvalue weighted by molar-refractivity contribution is 7.17. The summed E-state index contributed by atoms with van der Waals surface area (Å²) in [6.07, 6.45) is 3.22. The molecule has 0 saturated heterocycles. The molecular formula is C16H11FN2OS. The number of hydrogen-bond donors (Lipinski definition) is 1. The minimum atomic E-state index is -0.290. The summed E-state index contributed by atoms with van der Waals surface area (Å²) < 4.78 is 13.2. The molecule has 1 aromatic carbocycles. The van der Waals surface area contributed by atoms with Gasteiger partial charge in [-0.15, -0.1) is 11.3 Å². The van der Waals surface area contributed by atoms with Gasteiger partial charge in [0.25, 0.3) is 5.91 Å². The van der Waals surface area contributed by atoms with Gasteiger partial charge in [-0.3, -0.25) is 9.78 Å². The number of nitrogens with one attached hydrogen (secondary N) is 1. The van der Waals surface area contributed by atoms with E-state index in [0.29, 0.717) is 10.6 Å². The molecule has 0 saturated carbocycles. The number of aromatic nitrogens is 1. The second-order valence-electron chi connectivity index (χ2n) is 4.37. The van der Waals surface area contributed by atoms with Crippen molar-refractivity contribution in [3.05, 3.63) is 71.6 Å². The summed E-state index contributed by atoms with van der Waals surface area (Å²) in [6, 6.07) is 13.4. The zero-order valence-electron chi connectivity index (χ0n) is 10.9. The number of pyridine rings is 1. The van der Waals surface area contributed by atoms with Crippen molar-refractivity contribution in [1.29, 1.82) is 0 Å². The van der Waals surface area contributed by atoms with Crippen molar-refractivity contribution in [1.82, 2.24) is 4.98 Å². The van der Waals surface area contributed by atoms with Crippen molar-refractivity contribution >= 4 is 22.9 Å². The Bertz CT molecular complexity index is 771. The topological polar surface area (TPSA) is 42.0 Å². The van der Waals surface area contributed by atoms with Gasteiger partial charge in [0.15, 0.2) is 0 Å². The average molecular weight is 298 g/mol. The molecule has 3 rings (SSSR count). The van der Waals surface area contributed by atoms with E-state index in [1.807, 2.05) is 12.1 Å². The average Bonchev–Trinajstić information content (AvgIpc) is 2.98. The van der Waals surface area contributed by atoms with Gasteiger partial charge >= 0.3 is 0 Å². The minimum absolute atomic E-state index is 0.198. The third-order valence-electron chi connectivity index (χ3n) is 2.86. The molecule has 0 fully saturated rings. The number of hydrogen-bond acceptors (Lipinski definition) is 3. The van der Waals surface area contributed by atoms with E-state index in [-0.39, 0.29) is 11.7 Å². The Hall–Kier alpha value is -2.53. The lowest BCUT2D eigenvalue weighted by Gasteiger charge is -2.01. The molecule has 3 nitrogen and oxygen atoms in total. The van der Waals surface area contributed by atoms with Gasteiger partial charge in [0.1, 0.15) is 5.82 Å². The largest absolute Gasteiger partial charge is 0.320 e. The minimum Gasteiger partial charge on any atom is -0.320 e. The number of amides is 1. The first-order valence-electron chi connectivity index (χ1n) is 6.29. The fraction of sp³-hybridized carbons (Fsp3) is 0. The molecule has 0 spiro atoms. The van der Waals surface area contributed by atoms with Crippen molar-refractivity contribution < 1.29 is 9.18 Å². The molecule has 5 heteroatoms. The summed E-state index contributed by atoms with van der Waals surface area (Å²) in [5.74, 6) is -0.488. The SMILES string of the molecule is O=C(Nc1cccnc1)c1ccc(-c2cccc(F)c2)s1. The van der Waals surface area contributed by atoms with Crippen LogP contribution < -0.4 is 5.32 Å². The molecule has 0 aliphatic heterocycles. The van der Waals surface area contributed by atoms with E-state index in [2.05, 4.69) is 10.3 Å². The van der Waals surface area contributed by atoms with Crippen molar-refractivity contribution in [2.75, 3.05) is 5.32 Å². The first kappa shape index (κ1) is 13.5. The van der Waals surface area contributed by atoms with Gasteiger partial charge < -0.3 is 5.32 Å². The lowest BCUT2D eigenvalue weighted by Crippen LogP contribution is -2.09. The van der Waals surface area contributed by atoms with Gasteiger partial charge in [-0.05, 0) is 42.0 Å². The second-order valence-corrected chi connectivity index (χ2v) is 5.45.